The summed E-state index contributed by atoms with van der Waals surface area (Å²) in [4.78, 5) is 14.4. The first-order chi connectivity index (χ1) is 11.5. The molecule has 1 atom stereocenters. The summed E-state index contributed by atoms with van der Waals surface area (Å²) in [7, 11) is -3.05. The van der Waals surface area contributed by atoms with Gasteiger partial charge in [-0.15, -0.1) is 10.2 Å². The Labute approximate surface area is 149 Å². The van der Waals surface area contributed by atoms with Gasteiger partial charge in [-0.2, -0.15) is 0 Å². The van der Waals surface area contributed by atoms with Gasteiger partial charge in [0.1, 0.15) is 5.51 Å². The normalized spacial score (nSPS) is 19.2. The van der Waals surface area contributed by atoms with Crippen molar-refractivity contribution in [1.29, 1.82) is 0 Å². The highest BCUT2D eigenvalue weighted by molar-refractivity contribution is 8.01. The van der Waals surface area contributed by atoms with Gasteiger partial charge in [-0.25, -0.2) is 8.42 Å². The van der Waals surface area contributed by atoms with E-state index < -0.39 is 9.84 Å². The molecule has 0 aliphatic carbocycles. The van der Waals surface area contributed by atoms with Gasteiger partial charge in [0.05, 0.1) is 17.3 Å². The van der Waals surface area contributed by atoms with Crippen LogP contribution >= 0.6 is 23.1 Å². The molecule has 2 aromatic rings. The van der Waals surface area contributed by atoms with Crippen LogP contribution in [0, 0.1) is 0 Å². The van der Waals surface area contributed by atoms with Crippen molar-refractivity contribution in [1.82, 2.24) is 15.1 Å². The standard InChI is InChI=1S/C15H17N3O3S3/c19-14(9-22-15-17-16-11-23-15)18(8-12-4-2-1-3-5-12)13-6-7-24(20,21)10-13/h1-5,11,13H,6-10H2/t13-/m1/s1. The molecule has 0 saturated carbocycles. The molecule has 0 unspecified atom stereocenters. The third-order valence-corrected chi connectivity index (χ3v) is 7.42. The maximum atomic E-state index is 12.7. The van der Waals surface area contributed by atoms with Crippen LogP contribution in [-0.2, 0) is 21.2 Å². The number of aromatic nitrogens is 2. The summed E-state index contributed by atoms with van der Waals surface area (Å²) in [5, 5.41) is 7.67. The van der Waals surface area contributed by atoms with Crippen LogP contribution in [0.4, 0.5) is 0 Å². The number of carbonyl (C=O) groups is 1. The summed E-state index contributed by atoms with van der Waals surface area (Å²) >= 11 is 2.72. The lowest BCUT2D eigenvalue weighted by Crippen LogP contribution is -2.41. The number of hydrogen-bond donors (Lipinski definition) is 0. The number of nitrogens with zero attached hydrogens (tertiary/aromatic N) is 3. The van der Waals surface area contributed by atoms with Crippen molar-refractivity contribution >= 4 is 38.8 Å². The van der Waals surface area contributed by atoms with Gasteiger partial charge in [0.2, 0.25) is 5.91 Å². The summed E-state index contributed by atoms with van der Waals surface area (Å²) in [6, 6.07) is 9.39. The highest BCUT2D eigenvalue weighted by Gasteiger charge is 2.34. The molecule has 1 aliphatic heterocycles. The molecule has 24 heavy (non-hydrogen) atoms. The van der Waals surface area contributed by atoms with Crippen molar-refractivity contribution in [3.63, 3.8) is 0 Å². The van der Waals surface area contributed by atoms with Gasteiger partial charge in [0.15, 0.2) is 14.2 Å². The van der Waals surface area contributed by atoms with E-state index in [1.54, 1.807) is 10.4 Å². The molecular formula is C15H17N3O3S3. The number of carbonyl (C=O) groups excluding carboxylic acids is 1. The maximum Gasteiger partial charge on any atom is 0.233 e. The van der Waals surface area contributed by atoms with Crippen LogP contribution in [0.5, 0.6) is 0 Å². The Kier molecular flexibility index (Phi) is 5.52. The van der Waals surface area contributed by atoms with E-state index in [0.717, 1.165) is 9.90 Å². The molecule has 1 aliphatic rings. The first kappa shape index (κ1) is 17.4. The van der Waals surface area contributed by atoms with Crippen molar-refractivity contribution in [3.05, 3.63) is 41.4 Å². The zero-order valence-corrected chi connectivity index (χ0v) is 15.3. The Hall–Kier alpha value is -1.45. The molecule has 2 heterocycles. The van der Waals surface area contributed by atoms with Gasteiger partial charge in [-0.3, -0.25) is 4.79 Å². The number of amides is 1. The quantitative estimate of drug-likeness (QED) is 0.708. The first-order valence-electron chi connectivity index (χ1n) is 7.46. The minimum absolute atomic E-state index is 0.0506. The van der Waals surface area contributed by atoms with Gasteiger partial charge in [-0.1, -0.05) is 53.4 Å². The molecule has 128 valence electrons. The van der Waals surface area contributed by atoms with Crippen LogP contribution in [0.3, 0.4) is 0 Å². The lowest BCUT2D eigenvalue weighted by Gasteiger charge is -2.28. The lowest BCUT2D eigenvalue weighted by molar-refractivity contribution is -0.130. The van der Waals surface area contributed by atoms with Crippen molar-refractivity contribution < 1.29 is 13.2 Å². The van der Waals surface area contributed by atoms with E-state index in [1.165, 1.54) is 23.1 Å². The second-order valence-electron chi connectivity index (χ2n) is 5.56. The molecule has 0 radical (unpaired) electrons. The second-order valence-corrected chi connectivity index (χ2v) is 9.84. The minimum atomic E-state index is -3.05. The van der Waals surface area contributed by atoms with E-state index in [-0.39, 0.29) is 29.2 Å². The fraction of sp³-hybridized carbons (Fsp3) is 0.400. The zero-order chi connectivity index (χ0) is 17.0. The molecule has 9 heteroatoms. The molecule has 1 aromatic carbocycles. The number of thioether (sulfide) groups is 1. The predicted octanol–water partition coefficient (Wildman–Crippen LogP) is 1.85. The highest BCUT2D eigenvalue weighted by Crippen LogP contribution is 2.24. The Balaban J connectivity index is 1.72. The number of rotatable bonds is 6. The predicted molar refractivity (Wildman–Crippen MR) is 94.7 cm³/mol. The summed E-state index contributed by atoms with van der Waals surface area (Å²) in [6.45, 7) is 0.427. The summed E-state index contributed by atoms with van der Waals surface area (Å²) in [5.74, 6) is 0.370. The first-order valence-corrected chi connectivity index (χ1v) is 11.1. The Morgan fingerprint density at radius 1 is 1.33 bits per heavy atom. The fourth-order valence-corrected chi connectivity index (χ4v) is 5.76. The zero-order valence-electron chi connectivity index (χ0n) is 12.9. The summed E-state index contributed by atoms with van der Waals surface area (Å²) < 4.78 is 24.3. The molecule has 0 bridgehead atoms. The van der Waals surface area contributed by atoms with E-state index in [0.29, 0.717) is 13.0 Å². The fourth-order valence-electron chi connectivity index (χ4n) is 2.65. The largest absolute Gasteiger partial charge is 0.334 e. The molecular weight excluding hydrogens is 366 g/mol. The molecule has 1 amide bonds. The van der Waals surface area contributed by atoms with Crippen molar-refractivity contribution in [2.45, 2.75) is 23.3 Å². The van der Waals surface area contributed by atoms with E-state index in [9.17, 15) is 13.2 Å². The summed E-state index contributed by atoms with van der Waals surface area (Å²) in [5.41, 5.74) is 2.62. The topological polar surface area (TPSA) is 80.2 Å². The molecule has 0 N–H and O–H groups in total. The SMILES string of the molecule is O=C(CSc1nncs1)N(Cc1ccccc1)[C@@H]1CCS(=O)(=O)C1. The van der Waals surface area contributed by atoms with Crippen molar-refractivity contribution in [3.8, 4) is 0 Å². The van der Waals surface area contributed by atoms with E-state index in [1.807, 2.05) is 30.3 Å². The van der Waals surface area contributed by atoms with Crippen LogP contribution in [0.25, 0.3) is 0 Å². The minimum Gasteiger partial charge on any atom is -0.334 e. The van der Waals surface area contributed by atoms with Gasteiger partial charge in [0.25, 0.3) is 0 Å². The third kappa shape index (κ3) is 4.55. The Bertz CT molecular complexity index is 779. The molecule has 1 aromatic heterocycles. The average molecular weight is 384 g/mol. The average Bonchev–Trinajstić information content (AvgIpc) is 3.20. The smallest absolute Gasteiger partial charge is 0.233 e. The van der Waals surface area contributed by atoms with Crippen molar-refractivity contribution in [2.24, 2.45) is 0 Å². The third-order valence-electron chi connectivity index (χ3n) is 3.82. The number of sulfone groups is 1. The Morgan fingerprint density at radius 2 is 2.12 bits per heavy atom. The van der Waals surface area contributed by atoms with Gasteiger partial charge >= 0.3 is 0 Å². The monoisotopic (exact) mass is 383 g/mol. The lowest BCUT2D eigenvalue weighted by atomic mass is 10.1. The number of hydrogen-bond acceptors (Lipinski definition) is 7. The van der Waals surface area contributed by atoms with E-state index >= 15 is 0 Å². The molecule has 1 saturated heterocycles. The van der Waals surface area contributed by atoms with Gasteiger partial charge in [0, 0.05) is 12.6 Å². The van der Waals surface area contributed by atoms with E-state index in [2.05, 4.69) is 10.2 Å². The molecule has 0 spiro atoms. The van der Waals surface area contributed by atoms with Crippen LogP contribution in [0.1, 0.15) is 12.0 Å². The maximum absolute atomic E-state index is 12.7. The number of benzene rings is 1. The highest BCUT2D eigenvalue weighted by atomic mass is 32.2. The van der Waals surface area contributed by atoms with Gasteiger partial charge in [-0.05, 0) is 12.0 Å². The van der Waals surface area contributed by atoms with Crippen LogP contribution < -0.4 is 0 Å². The van der Waals surface area contributed by atoms with Crippen molar-refractivity contribution in [2.75, 3.05) is 17.3 Å². The molecule has 6 nitrogen and oxygen atoms in total. The summed E-state index contributed by atoms with van der Waals surface area (Å²) in [6.07, 6.45) is 0.504. The van der Waals surface area contributed by atoms with Crippen LogP contribution in [0.15, 0.2) is 40.2 Å². The van der Waals surface area contributed by atoms with Gasteiger partial charge < -0.3 is 4.90 Å². The van der Waals surface area contributed by atoms with Crippen LogP contribution in [0.2, 0.25) is 0 Å². The second kappa shape index (κ2) is 7.62. The van der Waals surface area contributed by atoms with E-state index in [4.69, 9.17) is 0 Å². The molecule has 1 fully saturated rings. The van der Waals surface area contributed by atoms with Crippen LogP contribution in [-0.4, -0.2) is 52.7 Å². The Morgan fingerprint density at radius 3 is 2.75 bits per heavy atom. The molecule has 3 rings (SSSR count).